The van der Waals surface area contributed by atoms with E-state index in [1.165, 1.54) is 13.8 Å². The average Bonchev–Trinajstić information content (AvgIpc) is 2.77. The van der Waals surface area contributed by atoms with Gasteiger partial charge in [-0.25, -0.2) is 9.59 Å². The summed E-state index contributed by atoms with van der Waals surface area (Å²) < 4.78 is 10.8. The molecule has 0 bridgehead atoms. The SMILES string of the molecule is CC1(C)OC(=O)C(=C(Nc2cc(C(C)(C)C)c(O)c(C(C)(C)C)c2)Nc2ccc3ncccc3c2)C(=O)O1. The van der Waals surface area contributed by atoms with Crippen molar-refractivity contribution in [3.05, 3.63) is 71.2 Å². The summed E-state index contributed by atoms with van der Waals surface area (Å²) >= 11 is 0. The third-order valence-corrected chi connectivity index (χ3v) is 6.20. The Bertz CT molecular complexity index is 1400. The number of carbonyl (C=O) groups excluding carboxylic acids is 2. The van der Waals surface area contributed by atoms with Crippen LogP contribution in [0.1, 0.15) is 66.5 Å². The maximum absolute atomic E-state index is 13.1. The third kappa shape index (κ3) is 5.59. The van der Waals surface area contributed by atoms with Crippen molar-refractivity contribution in [3.8, 4) is 5.75 Å². The van der Waals surface area contributed by atoms with Crippen LogP contribution in [0.3, 0.4) is 0 Å². The number of ether oxygens (including phenoxy) is 2. The summed E-state index contributed by atoms with van der Waals surface area (Å²) in [7, 11) is 0. The number of hydrogen-bond donors (Lipinski definition) is 3. The van der Waals surface area contributed by atoms with Crippen LogP contribution < -0.4 is 10.6 Å². The fourth-order valence-electron chi connectivity index (χ4n) is 4.31. The van der Waals surface area contributed by atoms with Crippen LogP contribution in [0.15, 0.2) is 60.1 Å². The van der Waals surface area contributed by atoms with Gasteiger partial charge in [0.25, 0.3) is 5.79 Å². The highest BCUT2D eigenvalue weighted by molar-refractivity contribution is 6.16. The lowest BCUT2D eigenvalue weighted by Gasteiger charge is -2.31. The van der Waals surface area contributed by atoms with Gasteiger partial charge in [0.1, 0.15) is 11.6 Å². The fourth-order valence-corrected chi connectivity index (χ4v) is 4.31. The van der Waals surface area contributed by atoms with Crippen LogP contribution >= 0.6 is 0 Å². The first-order valence-electron chi connectivity index (χ1n) is 12.5. The number of benzene rings is 2. The van der Waals surface area contributed by atoms with Crippen molar-refractivity contribution in [3.63, 3.8) is 0 Å². The normalized spacial score (nSPS) is 15.6. The predicted octanol–water partition coefficient (Wildman–Crippen LogP) is 6.11. The van der Waals surface area contributed by atoms with Gasteiger partial charge in [-0.15, -0.1) is 0 Å². The van der Waals surface area contributed by atoms with E-state index in [1.54, 1.807) is 12.3 Å². The molecule has 2 aromatic carbocycles. The zero-order valence-corrected chi connectivity index (χ0v) is 23.1. The minimum atomic E-state index is -1.38. The Labute approximate surface area is 223 Å². The number of anilines is 2. The maximum Gasteiger partial charge on any atom is 0.352 e. The summed E-state index contributed by atoms with van der Waals surface area (Å²) in [4.78, 5) is 30.4. The molecule has 1 fully saturated rings. The molecule has 0 spiro atoms. The molecule has 0 unspecified atom stereocenters. The third-order valence-electron chi connectivity index (χ3n) is 6.20. The van der Waals surface area contributed by atoms with Crippen molar-refractivity contribution in [2.24, 2.45) is 0 Å². The number of rotatable bonds is 4. The van der Waals surface area contributed by atoms with Crippen LogP contribution in [0.25, 0.3) is 10.9 Å². The summed E-state index contributed by atoms with van der Waals surface area (Å²) in [5.74, 6) is -2.68. The number of fused-ring (bicyclic) bond motifs is 1. The molecule has 1 aliphatic rings. The van der Waals surface area contributed by atoms with Gasteiger partial charge in [0.05, 0.1) is 5.52 Å². The molecule has 1 aliphatic heterocycles. The summed E-state index contributed by atoms with van der Waals surface area (Å²) in [6, 6.07) is 12.9. The molecule has 38 heavy (non-hydrogen) atoms. The Morgan fingerprint density at radius 1 is 0.842 bits per heavy atom. The second-order valence-corrected chi connectivity index (χ2v) is 12.0. The number of hydrogen-bond acceptors (Lipinski definition) is 8. The van der Waals surface area contributed by atoms with Crippen LogP contribution in [0, 0.1) is 0 Å². The number of aromatic hydroxyl groups is 1. The van der Waals surface area contributed by atoms with E-state index >= 15 is 0 Å². The summed E-state index contributed by atoms with van der Waals surface area (Å²) in [5, 5.41) is 18.4. The first kappa shape index (κ1) is 27.0. The minimum Gasteiger partial charge on any atom is -0.507 e. The van der Waals surface area contributed by atoms with Gasteiger partial charge in [-0.2, -0.15) is 0 Å². The zero-order valence-electron chi connectivity index (χ0n) is 23.1. The van der Waals surface area contributed by atoms with Crippen molar-refractivity contribution in [2.75, 3.05) is 10.6 Å². The van der Waals surface area contributed by atoms with Crippen LogP contribution in [0.4, 0.5) is 11.4 Å². The Balaban J connectivity index is 1.87. The van der Waals surface area contributed by atoms with Gasteiger partial charge in [-0.3, -0.25) is 4.98 Å². The molecule has 200 valence electrons. The lowest BCUT2D eigenvalue weighted by molar-refractivity contribution is -0.222. The van der Waals surface area contributed by atoms with Crippen molar-refractivity contribution >= 4 is 34.2 Å². The highest BCUT2D eigenvalue weighted by Gasteiger charge is 2.41. The number of aromatic nitrogens is 1. The van der Waals surface area contributed by atoms with E-state index < -0.39 is 17.7 Å². The van der Waals surface area contributed by atoms with E-state index in [-0.39, 0.29) is 28.0 Å². The molecule has 0 atom stereocenters. The average molecular weight is 518 g/mol. The second kappa shape index (κ2) is 9.35. The van der Waals surface area contributed by atoms with E-state index in [1.807, 2.05) is 77.9 Å². The van der Waals surface area contributed by atoms with E-state index in [0.717, 1.165) is 22.0 Å². The molecule has 3 N–H and O–H groups in total. The number of esters is 2. The molecule has 0 aliphatic carbocycles. The molecule has 1 aromatic heterocycles. The van der Waals surface area contributed by atoms with Crippen LogP contribution in [0.2, 0.25) is 0 Å². The Morgan fingerprint density at radius 3 is 1.95 bits per heavy atom. The first-order valence-corrected chi connectivity index (χ1v) is 12.5. The molecular formula is C30H35N3O5. The highest BCUT2D eigenvalue weighted by atomic mass is 16.7. The molecule has 0 amide bonds. The molecule has 0 saturated carbocycles. The van der Waals surface area contributed by atoms with Crippen molar-refractivity contribution in [1.82, 2.24) is 4.98 Å². The summed E-state index contributed by atoms with van der Waals surface area (Å²) in [6.45, 7) is 15.1. The zero-order chi connectivity index (χ0) is 28.0. The van der Waals surface area contributed by atoms with Crippen molar-refractivity contribution in [1.29, 1.82) is 0 Å². The van der Waals surface area contributed by atoms with Gasteiger partial charge < -0.3 is 25.2 Å². The van der Waals surface area contributed by atoms with Crippen LogP contribution in [-0.2, 0) is 29.9 Å². The van der Waals surface area contributed by atoms with Gasteiger partial charge in [0.15, 0.2) is 5.57 Å². The van der Waals surface area contributed by atoms with E-state index in [2.05, 4.69) is 15.6 Å². The minimum absolute atomic E-state index is 0.101. The molecule has 8 heteroatoms. The smallest absolute Gasteiger partial charge is 0.352 e. The van der Waals surface area contributed by atoms with Crippen LogP contribution in [0.5, 0.6) is 5.75 Å². The number of nitrogens with zero attached hydrogens (tertiary/aromatic N) is 1. The molecule has 0 radical (unpaired) electrons. The predicted molar refractivity (Wildman–Crippen MR) is 148 cm³/mol. The van der Waals surface area contributed by atoms with Crippen LogP contribution in [-0.4, -0.2) is 27.8 Å². The molecule has 2 heterocycles. The summed E-state index contributed by atoms with van der Waals surface area (Å²) in [5.41, 5.74) is 2.42. The Hall–Kier alpha value is -4.07. The number of nitrogens with one attached hydrogen (secondary N) is 2. The number of phenolic OH excluding ortho intramolecular Hbond substituents is 1. The topological polar surface area (TPSA) is 110 Å². The maximum atomic E-state index is 13.1. The lowest BCUT2D eigenvalue weighted by Crippen LogP contribution is -2.43. The van der Waals surface area contributed by atoms with Gasteiger partial charge >= 0.3 is 11.9 Å². The number of carbonyl (C=O) groups is 2. The summed E-state index contributed by atoms with van der Waals surface area (Å²) in [6.07, 6.45) is 1.71. The van der Waals surface area contributed by atoms with Crippen molar-refractivity contribution in [2.45, 2.75) is 72.0 Å². The molecule has 8 nitrogen and oxygen atoms in total. The van der Waals surface area contributed by atoms with E-state index in [4.69, 9.17) is 9.47 Å². The van der Waals surface area contributed by atoms with Gasteiger partial charge in [0, 0.05) is 47.9 Å². The van der Waals surface area contributed by atoms with E-state index in [0.29, 0.717) is 11.4 Å². The van der Waals surface area contributed by atoms with Gasteiger partial charge in [0.2, 0.25) is 0 Å². The quantitative estimate of drug-likeness (QED) is 0.165. The number of pyridine rings is 1. The Morgan fingerprint density at radius 2 is 1.39 bits per heavy atom. The van der Waals surface area contributed by atoms with E-state index in [9.17, 15) is 14.7 Å². The fraction of sp³-hybridized carbons (Fsp3) is 0.367. The second-order valence-electron chi connectivity index (χ2n) is 12.0. The van der Waals surface area contributed by atoms with Gasteiger partial charge in [-0.1, -0.05) is 47.6 Å². The molecular weight excluding hydrogens is 482 g/mol. The molecule has 1 saturated heterocycles. The first-order chi connectivity index (χ1) is 17.5. The van der Waals surface area contributed by atoms with Gasteiger partial charge in [-0.05, 0) is 47.2 Å². The van der Waals surface area contributed by atoms with Crippen molar-refractivity contribution < 1.29 is 24.2 Å². The standard InChI is InChI=1S/C30H35N3O5/c1-28(2,3)20-15-19(16-21(24(20)34)29(4,5)6)33-25(23-26(35)37-30(7,8)38-27(23)36)32-18-11-12-22-17(14-18)10-9-13-31-22/h9-16,32-34H,1-8H3. The molecule has 4 rings (SSSR count). The number of phenols is 1. The lowest BCUT2D eigenvalue weighted by atomic mass is 9.79. The Kier molecular flexibility index (Phi) is 6.64. The molecule has 3 aromatic rings. The largest absolute Gasteiger partial charge is 0.507 e. The number of cyclic esters (lactones) is 2. The monoisotopic (exact) mass is 517 g/mol. The highest BCUT2D eigenvalue weighted by Crippen LogP contribution is 2.41.